The summed E-state index contributed by atoms with van der Waals surface area (Å²) in [6.45, 7) is 6.10. The van der Waals surface area contributed by atoms with E-state index in [4.69, 9.17) is 0 Å². The largest absolute Gasteiger partial charge is 0.383 e. The molecule has 1 N–H and O–H groups in total. The van der Waals surface area contributed by atoms with Crippen LogP contribution in [-0.4, -0.2) is 10.1 Å². The summed E-state index contributed by atoms with van der Waals surface area (Å²) in [5.41, 5.74) is 3.20. The molecule has 96 valence electrons. The SMILES string of the molecule is CCCc1ccc(C(O)c2sc(C)nc2C)cc1. The minimum Gasteiger partial charge on any atom is -0.383 e. The molecular formula is C15H19NOS. The van der Waals surface area contributed by atoms with Gasteiger partial charge in [0.25, 0.3) is 0 Å². The summed E-state index contributed by atoms with van der Waals surface area (Å²) < 4.78 is 0. The molecule has 2 nitrogen and oxygen atoms in total. The highest BCUT2D eigenvalue weighted by molar-refractivity contribution is 7.11. The number of rotatable bonds is 4. The number of nitrogens with zero attached hydrogens (tertiary/aromatic N) is 1. The number of benzene rings is 1. The number of hydrogen-bond acceptors (Lipinski definition) is 3. The van der Waals surface area contributed by atoms with Crippen LogP contribution in [0, 0.1) is 13.8 Å². The monoisotopic (exact) mass is 261 g/mol. The molecule has 1 unspecified atom stereocenters. The van der Waals surface area contributed by atoms with Gasteiger partial charge in [-0.1, -0.05) is 37.6 Å². The summed E-state index contributed by atoms with van der Waals surface area (Å²) in [7, 11) is 0. The van der Waals surface area contributed by atoms with E-state index in [0.717, 1.165) is 34.0 Å². The molecule has 3 heteroatoms. The fourth-order valence-electron chi connectivity index (χ4n) is 2.11. The quantitative estimate of drug-likeness (QED) is 0.908. The summed E-state index contributed by atoms with van der Waals surface area (Å²) in [6.07, 6.45) is 1.69. The van der Waals surface area contributed by atoms with Crippen molar-refractivity contribution in [3.05, 3.63) is 51.0 Å². The van der Waals surface area contributed by atoms with Crippen LogP contribution in [0.5, 0.6) is 0 Å². The van der Waals surface area contributed by atoms with Crippen molar-refractivity contribution in [2.24, 2.45) is 0 Å². The fraction of sp³-hybridized carbons (Fsp3) is 0.400. The van der Waals surface area contributed by atoms with Gasteiger partial charge in [-0.15, -0.1) is 11.3 Å². The van der Waals surface area contributed by atoms with Gasteiger partial charge in [-0.2, -0.15) is 0 Å². The second-order valence-electron chi connectivity index (χ2n) is 4.58. The number of aliphatic hydroxyl groups is 1. The van der Waals surface area contributed by atoms with E-state index in [0.29, 0.717) is 0 Å². The predicted molar refractivity (Wildman–Crippen MR) is 76.1 cm³/mol. The van der Waals surface area contributed by atoms with Crippen LogP contribution in [0.3, 0.4) is 0 Å². The van der Waals surface area contributed by atoms with Crippen molar-refractivity contribution >= 4 is 11.3 Å². The van der Waals surface area contributed by atoms with E-state index in [1.165, 1.54) is 5.56 Å². The van der Waals surface area contributed by atoms with E-state index in [1.54, 1.807) is 11.3 Å². The maximum absolute atomic E-state index is 10.4. The molecule has 2 rings (SSSR count). The lowest BCUT2D eigenvalue weighted by Crippen LogP contribution is -1.99. The van der Waals surface area contributed by atoms with E-state index in [1.807, 2.05) is 26.0 Å². The predicted octanol–water partition coefficient (Wildman–Crippen LogP) is 3.79. The third kappa shape index (κ3) is 2.79. The zero-order valence-corrected chi connectivity index (χ0v) is 11.9. The van der Waals surface area contributed by atoms with E-state index >= 15 is 0 Å². The molecule has 0 spiro atoms. The first-order valence-corrected chi connectivity index (χ1v) is 7.14. The van der Waals surface area contributed by atoms with Crippen molar-refractivity contribution in [3.63, 3.8) is 0 Å². The van der Waals surface area contributed by atoms with Crippen LogP contribution in [0.2, 0.25) is 0 Å². The molecule has 0 bridgehead atoms. The van der Waals surface area contributed by atoms with Crippen molar-refractivity contribution in [3.8, 4) is 0 Å². The molecule has 0 fully saturated rings. The highest BCUT2D eigenvalue weighted by atomic mass is 32.1. The average Bonchev–Trinajstić information content (AvgIpc) is 2.69. The topological polar surface area (TPSA) is 33.1 Å². The van der Waals surface area contributed by atoms with Crippen LogP contribution in [0.4, 0.5) is 0 Å². The lowest BCUT2D eigenvalue weighted by molar-refractivity contribution is 0.223. The Balaban J connectivity index is 2.23. The van der Waals surface area contributed by atoms with Crippen molar-refractivity contribution < 1.29 is 5.11 Å². The number of aliphatic hydroxyl groups excluding tert-OH is 1. The van der Waals surface area contributed by atoms with Crippen LogP contribution in [0.15, 0.2) is 24.3 Å². The number of thiazole rings is 1. The second-order valence-corrected chi connectivity index (χ2v) is 5.81. The van der Waals surface area contributed by atoms with Gasteiger partial charge in [0, 0.05) is 0 Å². The molecule has 0 amide bonds. The minimum atomic E-state index is -0.549. The van der Waals surface area contributed by atoms with Gasteiger partial charge in [-0.3, -0.25) is 0 Å². The lowest BCUT2D eigenvalue weighted by atomic mass is 10.0. The van der Waals surface area contributed by atoms with Crippen LogP contribution in [0.25, 0.3) is 0 Å². The Bertz CT molecular complexity index is 516. The summed E-state index contributed by atoms with van der Waals surface area (Å²) in [4.78, 5) is 5.32. The van der Waals surface area contributed by atoms with Gasteiger partial charge in [-0.05, 0) is 31.4 Å². The third-order valence-corrected chi connectivity index (χ3v) is 4.15. The third-order valence-electron chi connectivity index (χ3n) is 3.02. The summed E-state index contributed by atoms with van der Waals surface area (Å²) in [6, 6.07) is 8.24. The van der Waals surface area contributed by atoms with Crippen molar-refractivity contribution in [2.45, 2.75) is 39.7 Å². The van der Waals surface area contributed by atoms with E-state index in [-0.39, 0.29) is 0 Å². The second kappa shape index (κ2) is 5.63. The molecule has 0 aliphatic rings. The maximum atomic E-state index is 10.4. The normalized spacial score (nSPS) is 12.7. The van der Waals surface area contributed by atoms with Gasteiger partial charge in [-0.25, -0.2) is 4.98 Å². The Hall–Kier alpha value is -1.19. The van der Waals surface area contributed by atoms with Gasteiger partial charge in [0.05, 0.1) is 15.6 Å². The van der Waals surface area contributed by atoms with Crippen molar-refractivity contribution in [2.75, 3.05) is 0 Å². The first kappa shape index (κ1) is 13.2. The Morgan fingerprint density at radius 2 is 1.89 bits per heavy atom. The summed E-state index contributed by atoms with van der Waals surface area (Å²) in [5, 5.41) is 11.4. The number of aryl methyl sites for hydroxylation is 3. The molecule has 1 aromatic heterocycles. The van der Waals surface area contributed by atoms with Gasteiger partial charge in [0.2, 0.25) is 0 Å². The van der Waals surface area contributed by atoms with Gasteiger partial charge >= 0.3 is 0 Å². The summed E-state index contributed by atoms with van der Waals surface area (Å²) >= 11 is 1.57. The van der Waals surface area contributed by atoms with Gasteiger partial charge in [0.15, 0.2) is 0 Å². The molecule has 0 saturated carbocycles. The molecule has 0 saturated heterocycles. The molecule has 2 aromatic rings. The number of aromatic nitrogens is 1. The first-order chi connectivity index (χ1) is 8.61. The minimum absolute atomic E-state index is 0.549. The Morgan fingerprint density at radius 3 is 2.39 bits per heavy atom. The maximum Gasteiger partial charge on any atom is 0.115 e. The lowest BCUT2D eigenvalue weighted by Gasteiger charge is -2.10. The van der Waals surface area contributed by atoms with Crippen molar-refractivity contribution in [1.82, 2.24) is 4.98 Å². The van der Waals surface area contributed by atoms with Gasteiger partial charge in [0.1, 0.15) is 6.10 Å². The van der Waals surface area contributed by atoms with E-state index in [2.05, 4.69) is 24.0 Å². The Kier molecular flexibility index (Phi) is 4.15. The average molecular weight is 261 g/mol. The summed E-state index contributed by atoms with van der Waals surface area (Å²) in [5.74, 6) is 0. The zero-order valence-electron chi connectivity index (χ0n) is 11.1. The molecular weight excluding hydrogens is 242 g/mol. The first-order valence-electron chi connectivity index (χ1n) is 6.32. The Morgan fingerprint density at radius 1 is 1.22 bits per heavy atom. The number of hydrogen-bond donors (Lipinski definition) is 1. The molecule has 0 aliphatic carbocycles. The van der Waals surface area contributed by atoms with Crippen molar-refractivity contribution in [1.29, 1.82) is 0 Å². The zero-order chi connectivity index (χ0) is 13.1. The Labute approximate surface area is 112 Å². The fourth-order valence-corrected chi connectivity index (χ4v) is 3.05. The highest BCUT2D eigenvalue weighted by Crippen LogP contribution is 2.29. The standard InChI is InChI=1S/C15H19NOS/c1-4-5-12-6-8-13(9-7-12)14(17)15-10(2)16-11(3)18-15/h6-9,14,17H,4-5H2,1-3H3. The van der Waals surface area contributed by atoms with Crippen LogP contribution in [0.1, 0.15) is 46.2 Å². The molecule has 1 heterocycles. The van der Waals surface area contributed by atoms with Crippen LogP contribution in [-0.2, 0) is 6.42 Å². The smallest absolute Gasteiger partial charge is 0.115 e. The van der Waals surface area contributed by atoms with Gasteiger partial charge < -0.3 is 5.11 Å². The highest BCUT2D eigenvalue weighted by Gasteiger charge is 2.16. The van der Waals surface area contributed by atoms with Crippen LogP contribution >= 0.6 is 11.3 Å². The molecule has 1 aromatic carbocycles. The van der Waals surface area contributed by atoms with E-state index < -0.39 is 6.10 Å². The molecule has 0 aliphatic heterocycles. The van der Waals surface area contributed by atoms with E-state index in [9.17, 15) is 5.11 Å². The molecule has 0 radical (unpaired) electrons. The molecule has 18 heavy (non-hydrogen) atoms. The molecule has 1 atom stereocenters. The van der Waals surface area contributed by atoms with Crippen LogP contribution < -0.4 is 0 Å².